The topological polar surface area (TPSA) is 76.6 Å². The van der Waals surface area contributed by atoms with Crippen LogP contribution in [-0.4, -0.2) is 64.7 Å². The van der Waals surface area contributed by atoms with E-state index in [2.05, 4.69) is 24.8 Å². The lowest BCUT2D eigenvalue weighted by molar-refractivity contribution is -0.359. The number of nitrogens with one attached hydrogen (secondary N) is 1. The average molecular weight is 488 g/mol. The number of ether oxygens (including phenoxy) is 2. The summed E-state index contributed by atoms with van der Waals surface area (Å²) in [7, 11) is 0. The molecule has 182 valence electrons. The number of amides is 1. The van der Waals surface area contributed by atoms with Crippen LogP contribution in [0.1, 0.15) is 13.3 Å². The van der Waals surface area contributed by atoms with Gasteiger partial charge in [-0.1, -0.05) is 0 Å². The Morgan fingerprint density at radius 3 is 2.45 bits per heavy atom. The third kappa shape index (κ3) is 6.30. The Labute approximate surface area is 180 Å². The molecule has 1 aliphatic heterocycles. The number of fused-ring (bicyclic) bond motifs is 1. The Hall–Kier alpha value is -2.97. The van der Waals surface area contributed by atoms with Crippen molar-refractivity contribution < 1.29 is 49.4 Å². The number of anilines is 1. The van der Waals surface area contributed by atoms with E-state index in [4.69, 9.17) is 0 Å². The number of alkyl halides is 8. The first-order valence-corrected chi connectivity index (χ1v) is 9.33. The zero-order chi connectivity index (χ0) is 24.6. The van der Waals surface area contributed by atoms with Crippen molar-refractivity contribution in [2.75, 3.05) is 11.9 Å². The highest BCUT2D eigenvalue weighted by molar-refractivity contribution is 5.93. The number of hydrogen-bond donors (Lipinski definition) is 1. The molecule has 1 N–H and O–H groups in total. The van der Waals surface area contributed by atoms with Crippen LogP contribution in [0, 0.1) is 0 Å². The van der Waals surface area contributed by atoms with Crippen LogP contribution >= 0.6 is 0 Å². The lowest BCUT2D eigenvalue weighted by Gasteiger charge is -2.47. The zero-order valence-corrected chi connectivity index (χ0v) is 16.6. The molecule has 15 heteroatoms. The van der Waals surface area contributed by atoms with Gasteiger partial charge in [0.15, 0.2) is 0 Å². The van der Waals surface area contributed by atoms with E-state index in [1.165, 1.54) is 6.92 Å². The Morgan fingerprint density at radius 1 is 1.18 bits per heavy atom. The van der Waals surface area contributed by atoms with E-state index in [1.807, 2.05) is 0 Å². The average Bonchev–Trinajstić information content (AvgIpc) is 2.67. The highest BCUT2D eigenvalue weighted by Gasteiger charge is 2.47. The molecular weight excluding hydrogens is 472 g/mol. The van der Waals surface area contributed by atoms with E-state index in [0.717, 1.165) is 29.4 Å². The molecule has 0 radical (unpaired) electrons. The zero-order valence-electron chi connectivity index (χ0n) is 16.6. The highest BCUT2D eigenvalue weighted by Crippen LogP contribution is 2.31. The minimum absolute atomic E-state index is 0.0338. The van der Waals surface area contributed by atoms with Gasteiger partial charge in [0.05, 0.1) is 11.6 Å². The van der Waals surface area contributed by atoms with Crippen molar-refractivity contribution in [1.29, 1.82) is 0 Å². The molecule has 0 spiro atoms. The van der Waals surface area contributed by atoms with Crippen molar-refractivity contribution in [2.45, 2.75) is 50.7 Å². The summed E-state index contributed by atoms with van der Waals surface area (Å²) in [4.78, 5) is 21.3. The molecule has 1 amide bonds. The van der Waals surface area contributed by atoms with Crippen LogP contribution in [0.25, 0.3) is 10.9 Å². The number of likely N-dealkylation sites (tertiary alicyclic amines) is 1. The number of nitrogens with zero attached hydrogens (tertiary/aromatic N) is 3. The second-order valence-electron chi connectivity index (χ2n) is 7.11. The molecule has 0 aliphatic carbocycles. The molecule has 3 rings (SSSR count). The molecule has 0 unspecified atom stereocenters. The Kier molecular flexibility index (Phi) is 6.81. The number of carbonyl (C=O) groups is 1. The number of halogens is 8. The first-order valence-electron chi connectivity index (χ1n) is 9.33. The maximum atomic E-state index is 13.1. The number of benzene rings is 1. The standard InChI is InChI=1S/C18H16F8N4O3/c1-8-13(33-18(24,25)26)6-30(8)16(31)12(5-14(19)20)29-15-10-3-2-9(32-17(21,22)23)4-11(10)27-7-28-15/h2-4,7-8,12-14H,5-6H2,1H3,(H,27,28,29)/t8-,12+,13-/m0/s1. The van der Waals surface area contributed by atoms with Gasteiger partial charge in [-0.05, 0) is 19.1 Å². The molecule has 0 bridgehead atoms. The fourth-order valence-corrected chi connectivity index (χ4v) is 3.29. The van der Waals surface area contributed by atoms with E-state index in [9.17, 15) is 39.9 Å². The number of aromatic nitrogens is 2. The number of carbonyl (C=O) groups excluding carboxylic acids is 1. The van der Waals surface area contributed by atoms with E-state index >= 15 is 0 Å². The lowest BCUT2D eigenvalue weighted by atomic mass is 9.98. The first kappa shape index (κ1) is 24.7. The second-order valence-corrected chi connectivity index (χ2v) is 7.11. The van der Waals surface area contributed by atoms with Crippen LogP contribution in [-0.2, 0) is 9.53 Å². The summed E-state index contributed by atoms with van der Waals surface area (Å²) in [6, 6.07) is 0.428. The molecule has 1 fully saturated rings. The molecule has 1 aromatic carbocycles. The quantitative estimate of drug-likeness (QED) is 0.592. The maximum Gasteiger partial charge on any atom is 0.573 e. The van der Waals surface area contributed by atoms with Gasteiger partial charge in [0.25, 0.3) is 0 Å². The Morgan fingerprint density at radius 2 is 1.88 bits per heavy atom. The van der Waals surface area contributed by atoms with Crippen LogP contribution in [0.3, 0.4) is 0 Å². The maximum absolute atomic E-state index is 13.1. The molecule has 2 heterocycles. The van der Waals surface area contributed by atoms with E-state index in [1.54, 1.807) is 0 Å². The van der Waals surface area contributed by atoms with Crippen LogP contribution < -0.4 is 10.1 Å². The third-order valence-corrected chi connectivity index (χ3v) is 4.84. The van der Waals surface area contributed by atoms with Crippen LogP contribution in [0.2, 0.25) is 0 Å². The monoisotopic (exact) mass is 488 g/mol. The summed E-state index contributed by atoms with van der Waals surface area (Å²) < 4.78 is 108. The number of rotatable bonds is 7. The van der Waals surface area contributed by atoms with E-state index in [0.29, 0.717) is 0 Å². The van der Waals surface area contributed by atoms with Gasteiger partial charge in [0, 0.05) is 24.4 Å². The molecule has 7 nitrogen and oxygen atoms in total. The molecule has 33 heavy (non-hydrogen) atoms. The van der Waals surface area contributed by atoms with Crippen molar-refractivity contribution >= 4 is 22.6 Å². The molecule has 1 aliphatic rings. The molecule has 3 atom stereocenters. The summed E-state index contributed by atoms with van der Waals surface area (Å²) in [6.07, 6.45) is -14.2. The third-order valence-electron chi connectivity index (χ3n) is 4.84. The summed E-state index contributed by atoms with van der Waals surface area (Å²) in [5.74, 6) is -1.62. The van der Waals surface area contributed by atoms with Gasteiger partial charge in [0.2, 0.25) is 12.3 Å². The molecule has 1 saturated heterocycles. The fourth-order valence-electron chi connectivity index (χ4n) is 3.29. The minimum Gasteiger partial charge on any atom is -0.406 e. The predicted molar refractivity (Wildman–Crippen MR) is 96.4 cm³/mol. The minimum atomic E-state index is -4.95. The van der Waals surface area contributed by atoms with Crippen molar-refractivity contribution in [2.24, 2.45) is 0 Å². The Bertz CT molecular complexity index is 1000. The van der Waals surface area contributed by atoms with Gasteiger partial charge in [-0.25, -0.2) is 18.7 Å². The first-order chi connectivity index (χ1) is 15.2. The largest absolute Gasteiger partial charge is 0.573 e. The van der Waals surface area contributed by atoms with Crippen LogP contribution in [0.5, 0.6) is 5.75 Å². The van der Waals surface area contributed by atoms with Crippen molar-refractivity contribution in [3.05, 3.63) is 24.5 Å². The van der Waals surface area contributed by atoms with Crippen molar-refractivity contribution in [3.8, 4) is 5.75 Å². The molecule has 1 aromatic heterocycles. The second kappa shape index (κ2) is 9.11. The van der Waals surface area contributed by atoms with Crippen LogP contribution in [0.4, 0.5) is 40.9 Å². The van der Waals surface area contributed by atoms with Crippen molar-refractivity contribution in [3.63, 3.8) is 0 Å². The smallest absolute Gasteiger partial charge is 0.406 e. The fraction of sp³-hybridized carbons (Fsp3) is 0.500. The van der Waals surface area contributed by atoms with Gasteiger partial charge >= 0.3 is 12.7 Å². The summed E-state index contributed by atoms with van der Waals surface area (Å²) in [5, 5.41) is 2.61. The SMILES string of the molecule is C[C@H]1[C@@H](OC(F)(F)F)CN1C(=O)[C@@H](CC(F)F)Nc1ncnc2cc(OC(F)(F)F)ccc12. The van der Waals surface area contributed by atoms with Gasteiger partial charge in [-0.2, -0.15) is 0 Å². The summed E-state index contributed by atoms with van der Waals surface area (Å²) in [6.45, 7) is 0.823. The van der Waals surface area contributed by atoms with Gasteiger partial charge in [0.1, 0.15) is 30.0 Å². The predicted octanol–water partition coefficient (Wildman–Crippen LogP) is 4.10. The summed E-state index contributed by atoms with van der Waals surface area (Å²) in [5.41, 5.74) is -0.0338. The van der Waals surface area contributed by atoms with E-state index in [-0.39, 0.29) is 16.7 Å². The number of hydrogen-bond acceptors (Lipinski definition) is 6. The van der Waals surface area contributed by atoms with Crippen LogP contribution in [0.15, 0.2) is 24.5 Å². The van der Waals surface area contributed by atoms with Gasteiger partial charge in [-0.3, -0.25) is 9.53 Å². The molecule has 0 saturated carbocycles. The van der Waals surface area contributed by atoms with Gasteiger partial charge in [-0.15, -0.1) is 26.3 Å². The molecular formula is C18H16F8N4O3. The normalized spacial score (nSPS) is 20.0. The van der Waals surface area contributed by atoms with E-state index < -0.39 is 62.0 Å². The lowest BCUT2D eigenvalue weighted by Crippen LogP contribution is -2.65. The van der Waals surface area contributed by atoms with Crippen molar-refractivity contribution in [1.82, 2.24) is 14.9 Å². The summed E-state index contributed by atoms with van der Waals surface area (Å²) >= 11 is 0. The Balaban J connectivity index is 1.80. The highest BCUT2D eigenvalue weighted by atomic mass is 19.4. The van der Waals surface area contributed by atoms with Gasteiger partial charge < -0.3 is 15.0 Å². The molecule has 2 aromatic rings.